The monoisotopic (exact) mass is 556 g/mol. The summed E-state index contributed by atoms with van der Waals surface area (Å²) < 4.78 is 76.7. The van der Waals surface area contributed by atoms with Gasteiger partial charge in [0.1, 0.15) is 11.0 Å². The van der Waals surface area contributed by atoms with E-state index in [9.17, 15) is 13.3 Å². The lowest BCUT2D eigenvalue weighted by Crippen LogP contribution is -2.55. The van der Waals surface area contributed by atoms with E-state index < -0.39 is 34.8 Å². The van der Waals surface area contributed by atoms with E-state index in [1.54, 1.807) is 0 Å². The van der Waals surface area contributed by atoms with Crippen LogP contribution in [0, 0.1) is 0 Å². The average Bonchev–Trinajstić information content (AvgIpc) is 2.95. The minimum atomic E-state index is -2.47. The molecule has 1 aromatic rings. The number of ether oxygens (including phenoxy) is 1. The van der Waals surface area contributed by atoms with Crippen molar-refractivity contribution >= 4 is 12.0 Å². The zero-order valence-electron chi connectivity index (χ0n) is 23.1. The Hall–Kier alpha value is -1.21. The zero-order chi connectivity index (χ0) is 27.4. The van der Waals surface area contributed by atoms with Gasteiger partial charge in [-0.2, -0.15) is 0 Å². The fourth-order valence-corrected chi connectivity index (χ4v) is 7.38. The maximum Gasteiger partial charge on any atom is 0.194 e. The fourth-order valence-electron chi connectivity index (χ4n) is 6.93. The molecule has 7 heteroatoms. The summed E-state index contributed by atoms with van der Waals surface area (Å²) in [7, 11) is 0. The first-order valence-electron chi connectivity index (χ1n) is 14.8. The molecule has 2 fully saturated rings. The van der Waals surface area contributed by atoms with Crippen LogP contribution in [0.4, 0.5) is 17.6 Å². The highest BCUT2D eigenvalue weighted by Crippen LogP contribution is 2.51. The van der Waals surface area contributed by atoms with Gasteiger partial charge in [-0.15, -0.1) is 0 Å². The van der Waals surface area contributed by atoms with Crippen molar-refractivity contribution < 1.29 is 26.9 Å². The van der Waals surface area contributed by atoms with Crippen LogP contribution in [0.5, 0.6) is 5.75 Å². The number of rotatable bonds is 9. The zero-order valence-corrected chi connectivity index (χ0v) is 23.9. The van der Waals surface area contributed by atoms with Crippen molar-refractivity contribution in [2.45, 2.75) is 145 Å². The molecule has 2 saturated carbocycles. The summed E-state index contributed by atoms with van der Waals surface area (Å²) in [6.45, 7) is 5.34. The predicted octanol–water partition coefficient (Wildman–Crippen LogP) is 10.6. The van der Waals surface area contributed by atoms with Gasteiger partial charge >= 0.3 is 0 Å². The molecule has 1 aromatic carbocycles. The number of halogens is 4. The van der Waals surface area contributed by atoms with E-state index >= 15 is 8.78 Å². The fraction of sp³-hybridized carbons (Fsp3) is 0.742. The summed E-state index contributed by atoms with van der Waals surface area (Å²) in [6, 6.07) is 4.37. The Labute approximate surface area is 230 Å². The van der Waals surface area contributed by atoms with Gasteiger partial charge in [-0.1, -0.05) is 70.9 Å². The number of benzene rings is 1. The van der Waals surface area contributed by atoms with Gasteiger partial charge in [-0.25, -0.2) is 17.6 Å². The maximum absolute atomic E-state index is 15.6. The lowest BCUT2D eigenvalue weighted by molar-refractivity contribution is -0.0366. The molecule has 0 spiro atoms. The van der Waals surface area contributed by atoms with Gasteiger partial charge in [0.05, 0.1) is 0 Å². The van der Waals surface area contributed by atoms with Crippen molar-refractivity contribution in [2.75, 3.05) is 0 Å². The molecule has 0 aliphatic heterocycles. The first-order valence-corrected chi connectivity index (χ1v) is 15.6. The molecule has 0 amide bonds. The van der Waals surface area contributed by atoms with E-state index in [1.807, 2.05) is 0 Å². The van der Waals surface area contributed by atoms with Gasteiger partial charge in [-0.3, -0.25) is 0 Å². The van der Waals surface area contributed by atoms with Crippen molar-refractivity contribution in [1.82, 2.24) is 0 Å². The van der Waals surface area contributed by atoms with Gasteiger partial charge in [-0.05, 0) is 79.9 Å². The summed E-state index contributed by atoms with van der Waals surface area (Å²) in [5.41, 5.74) is 0.696. The van der Waals surface area contributed by atoms with Gasteiger partial charge in [0.25, 0.3) is 0 Å². The number of hydrogen-bond donors (Lipinski definition) is 1. The van der Waals surface area contributed by atoms with E-state index in [4.69, 9.17) is 4.74 Å². The Balaban J connectivity index is 1.89. The average molecular weight is 557 g/mol. The van der Waals surface area contributed by atoms with Crippen LogP contribution in [0.15, 0.2) is 23.8 Å². The third-order valence-corrected chi connectivity index (χ3v) is 9.97. The Kier molecular flexibility index (Phi) is 10.2. The summed E-state index contributed by atoms with van der Waals surface area (Å²) >= 11 is -0.205. The second kappa shape index (κ2) is 13.0. The first-order chi connectivity index (χ1) is 18.3. The van der Waals surface area contributed by atoms with Crippen LogP contribution >= 0.6 is 12.0 Å². The van der Waals surface area contributed by atoms with E-state index in [1.165, 1.54) is 24.8 Å². The van der Waals surface area contributed by atoms with Crippen molar-refractivity contribution in [3.05, 3.63) is 40.5 Å². The van der Waals surface area contributed by atoms with Crippen LogP contribution in [0.25, 0.3) is 0 Å². The molecular weight excluding hydrogens is 512 g/mol. The Morgan fingerprint density at radius 1 is 0.974 bits per heavy atom. The second-order valence-corrected chi connectivity index (χ2v) is 12.6. The van der Waals surface area contributed by atoms with Crippen molar-refractivity contribution in [2.24, 2.45) is 0 Å². The molecule has 214 valence electrons. The summed E-state index contributed by atoms with van der Waals surface area (Å²) in [4.78, 5) is 0. The largest absolute Gasteiger partial charge is 0.477 e. The lowest BCUT2D eigenvalue weighted by atomic mass is 9.76. The highest BCUT2D eigenvalue weighted by atomic mass is 32.2. The van der Waals surface area contributed by atoms with Crippen LogP contribution in [0.1, 0.15) is 139 Å². The molecule has 0 bridgehead atoms. The highest BCUT2D eigenvalue weighted by molar-refractivity contribution is 7.94. The third kappa shape index (κ3) is 5.80. The molecule has 4 rings (SSSR count). The molecular formula is C31H44F4O2S. The molecule has 38 heavy (non-hydrogen) atoms. The van der Waals surface area contributed by atoms with E-state index in [-0.39, 0.29) is 23.9 Å². The molecule has 5 atom stereocenters. The molecule has 0 aromatic heterocycles. The standard InChI is InChI=1S/C31H44F4O2S/c1-4-12-19(5-2)23-17-22(20-13-8-6-9-14-20)18-24(21-15-10-7-11-16-21)27(23)37-31(3)29(34)25(32)28(38-36)26(33)30(31)35/h17-21,25,28-29,36H,4-16H2,1-3H3/t19?,25?,28?,29?,31-/m1/s1. The van der Waals surface area contributed by atoms with Crippen LogP contribution in [-0.4, -0.2) is 27.7 Å². The normalized spacial score (nSPS) is 30.5. The smallest absolute Gasteiger partial charge is 0.194 e. The number of hydrogen-bond acceptors (Lipinski definition) is 3. The second-order valence-electron chi connectivity index (χ2n) is 11.8. The van der Waals surface area contributed by atoms with Crippen LogP contribution in [0.3, 0.4) is 0 Å². The van der Waals surface area contributed by atoms with Gasteiger partial charge in [0.2, 0.25) is 0 Å². The molecule has 2 nitrogen and oxygen atoms in total. The van der Waals surface area contributed by atoms with Crippen LogP contribution in [0.2, 0.25) is 0 Å². The minimum absolute atomic E-state index is 0.116. The van der Waals surface area contributed by atoms with Crippen LogP contribution < -0.4 is 4.74 Å². The Morgan fingerprint density at radius 3 is 2.13 bits per heavy atom. The van der Waals surface area contributed by atoms with Crippen LogP contribution in [-0.2, 0) is 0 Å². The van der Waals surface area contributed by atoms with E-state index in [0.717, 1.165) is 82.3 Å². The van der Waals surface area contributed by atoms with Gasteiger partial charge in [0, 0.05) is 12.0 Å². The highest BCUT2D eigenvalue weighted by Gasteiger charge is 2.57. The predicted molar refractivity (Wildman–Crippen MR) is 148 cm³/mol. The molecule has 0 heterocycles. The first kappa shape index (κ1) is 29.8. The summed E-state index contributed by atoms with van der Waals surface area (Å²) in [5.74, 6) is -1.78. The lowest BCUT2D eigenvalue weighted by Gasteiger charge is -2.41. The van der Waals surface area contributed by atoms with Crippen molar-refractivity contribution in [1.29, 1.82) is 0 Å². The molecule has 3 aliphatic rings. The number of alkyl halides is 2. The molecule has 4 unspecified atom stereocenters. The van der Waals surface area contributed by atoms with E-state index in [0.29, 0.717) is 11.7 Å². The molecule has 0 saturated heterocycles. The van der Waals surface area contributed by atoms with E-state index in [2.05, 4.69) is 26.0 Å². The molecule has 0 radical (unpaired) electrons. The Morgan fingerprint density at radius 2 is 1.58 bits per heavy atom. The minimum Gasteiger partial charge on any atom is -0.477 e. The molecule has 1 N–H and O–H groups in total. The molecule has 3 aliphatic carbocycles. The topological polar surface area (TPSA) is 29.5 Å². The quantitative estimate of drug-likeness (QED) is 0.242. The maximum atomic E-state index is 15.6. The van der Waals surface area contributed by atoms with Crippen molar-refractivity contribution in [3.63, 3.8) is 0 Å². The summed E-state index contributed by atoms with van der Waals surface area (Å²) in [5, 5.41) is -1.93. The summed E-state index contributed by atoms with van der Waals surface area (Å²) in [6.07, 6.45) is 8.90. The van der Waals surface area contributed by atoms with Gasteiger partial charge < -0.3 is 9.29 Å². The SMILES string of the molecule is CCCC(CC)c1cc(C2CCCCC2)cc(C2CCCCC2)c1O[C@@]1(C)C(F)=C(F)C(SO)C(F)C1F. The van der Waals surface area contributed by atoms with Crippen molar-refractivity contribution in [3.8, 4) is 5.75 Å². The Bertz CT molecular complexity index is 947. The van der Waals surface area contributed by atoms with Gasteiger partial charge in [0.15, 0.2) is 29.6 Å². The third-order valence-electron chi connectivity index (χ3n) is 9.28.